The molecule has 1 aromatic carbocycles. The van der Waals surface area contributed by atoms with Gasteiger partial charge in [-0.15, -0.1) is 0 Å². The fraction of sp³-hybridized carbons (Fsp3) is 0.533. The van der Waals surface area contributed by atoms with Crippen LogP contribution >= 0.6 is 0 Å². The van der Waals surface area contributed by atoms with Crippen LogP contribution in [0.2, 0.25) is 0 Å². The molecule has 1 saturated heterocycles. The van der Waals surface area contributed by atoms with Crippen LogP contribution in [-0.2, 0) is 0 Å². The molecule has 122 valence electrons. The van der Waals surface area contributed by atoms with Gasteiger partial charge in [-0.3, -0.25) is 4.79 Å². The molecule has 1 aliphatic rings. The Hall–Kier alpha value is -1.89. The van der Waals surface area contributed by atoms with Crippen molar-refractivity contribution in [3.05, 3.63) is 23.8 Å². The smallest absolute Gasteiger partial charge is 0.387 e. The Morgan fingerprint density at radius 3 is 2.64 bits per heavy atom. The Labute approximate surface area is 128 Å². The van der Waals surface area contributed by atoms with E-state index in [1.54, 1.807) is 4.90 Å². The van der Waals surface area contributed by atoms with Crippen LogP contribution in [0.1, 0.15) is 16.8 Å². The zero-order valence-electron chi connectivity index (χ0n) is 12.7. The van der Waals surface area contributed by atoms with E-state index in [0.29, 0.717) is 18.7 Å². The van der Waals surface area contributed by atoms with Gasteiger partial charge in [0.15, 0.2) is 11.5 Å². The maximum atomic E-state index is 12.5. The Balaban J connectivity index is 2.15. The molecule has 0 spiro atoms. The van der Waals surface area contributed by atoms with E-state index in [0.717, 1.165) is 19.5 Å². The van der Waals surface area contributed by atoms with Crippen molar-refractivity contribution >= 4 is 5.91 Å². The molecule has 0 saturated carbocycles. The molecule has 22 heavy (non-hydrogen) atoms. The van der Waals surface area contributed by atoms with Gasteiger partial charge in [-0.1, -0.05) is 0 Å². The molecule has 7 heteroatoms. The number of likely N-dealkylation sites (N-methyl/N-ethyl adjacent to an activating group) is 1. The summed E-state index contributed by atoms with van der Waals surface area (Å²) in [6.07, 6.45) is 0.909. The number of carbonyl (C=O) groups excluding carboxylic acids is 1. The van der Waals surface area contributed by atoms with Crippen molar-refractivity contribution in [3.8, 4) is 11.5 Å². The number of halogens is 2. The molecule has 1 fully saturated rings. The summed E-state index contributed by atoms with van der Waals surface area (Å²) in [5, 5.41) is 0. The number of benzene rings is 1. The lowest BCUT2D eigenvalue weighted by molar-refractivity contribution is -0.0512. The van der Waals surface area contributed by atoms with Crippen LogP contribution in [-0.4, -0.2) is 62.7 Å². The minimum Gasteiger partial charge on any atom is -0.493 e. The topological polar surface area (TPSA) is 42.0 Å². The highest BCUT2D eigenvalue weighted by molar-refractivity contribution is 5.95. The molecule has 0 atom stereocenters. The van der Waals surface area contributed by atoms with Crippen molar-refractivity contribution in [2.24, 2.45) is 0 Å². The fourth-order valence-electron chi connectivity index (χ4n) is 2.43. The molecular weight excluding hydrogens is 294 g/mol. The number of alkyl halides is 2. The van der Waals surface area contributed by atoms with Crippen LogP contribution in [0.4, 0.5) is 8.78 Å². The third kappa shape index (κ3) is 4.07. The Kier molecular flexibility index (Phi) is 5.54. The van der Waals surface area contributed by atoms with Crippen molar-refractivity contribution < 1.29 is 23.0 Å². The normalized spacial score (nSPS) is 16.5. The minimum atomic E-state index is -2.93. The molecule has 0 aromatic heterocycles. The lowest BCUT2D eigenvalue weighted by Gasteiger charge is -2.21. The third-order valence-corrected chi connectivity index (χ3v) is 3.63. The molecule has 0 N–H and O–H groups in total. The van der Waals surface area contributed by atoms with E-state index in [1.807, 2.05) is 7.05 Å². The fourth-order valence-corrected chi connectivity index (χ4v) is 2.43. The van der Waals surface area contributed by atoms with Crippen LogP contribution in [0.3, 0.4) is 0 Å². The van der Waals surface area contributed by atoms with Crippen molar-refractivity contribution in [1.82, 2.24) is 9.80 Å². The highest BCUT2D eigenvalue weighted by atomic mass is 19.3. The maximum absolute atomic E-state index is 12.5. The Morgan fingerprint density at radius 1 is 1.18 bits per heavy atom. The zero-order valence-corrected chi connectivity index (χ0v) is 12.7. The van der Waals surface area contributed by atoms with Gasteiger partial charge in [0.2, 0.25) is 0 Å². The predicted octanol–water partition coefficient (Wildman–Crippen LogP) is 2.07. The summed E-state index contributed by atoms with van der Waals surface area (Å²) in [6, 6.07) is 4.26. The molecule has 1 aromatic rings. The number of amides is 1. The largest absolute Gasteiger partial charge is 0.493 e. The third-order valence-electron chi connectivity index (χ3n) is 3.63. The van der Waals surface area contributed by atoms with Crippen LogP contribution < -0.4 is 9.47 Å². The van der Waals surface area contributed by atoms with Gasteiger partial charge < -0.3 is 19.3 Å². The SMILES string of the molecule is COc1cc(C(=O)N2CCCN(C)CC2)ccc1OC(F)F. The van der Waals surface area contributed by atoms with E-state index >= 15 is 0 Å². The number of methoxy groups -OCH3 is 1. The molecule has 0 aliphatic carbocycles. The average molecular weight is 314 g/mol. The van der Waals surface area contributed by atoms with Gasteiger partial charge in [-0.05, 0) is 38.2 Å². The summed E-state index contributed by atoms with van der Waals surface area (Å²) in [5.74, 6) is -0.0834. The van der Waals surface area contributed by atoms with Crippen molar-refractivity contribution in [1.29, 1.82) is 0 Å². The van der Waals surface area contributed by atoms with E-state index in [1.165, 1.54) is 25.3 Å². The minimum absolute atomic E-state index is 0.0790. The first-order chi connectivity index (χ1) is 10.5. The molecular formula is C15H20F2N2O3. The molecule has 1 aliphatic heterocycles. The molecule has 2 rings (SSSR count). The van der Waals surface area contributed by atoms with E-state index in [-0.39, 0.29) is 17.4 Å². The Bertz CT molecular complexity index is 526. The summed E-state index contributed by atoms with van der Waals surface area (Å²) < 4.78 is 34.0. The van der Waals surface area contributed by atoms with Gasteiger partial charge >= 0.3 is 6.61 Å². The highest BCUT2D eigenvalue weighted by Crippen LogP contribution is 2.30. The summed E-state index contributed by atoms with van der Waals surface area (Å²) in [5.41, 5.74) is 0.406. The number of nitrogens with zero attached hydrogens (tertiary/aromatic N) is 2. The van der Waals surface area contributed by atoms with Crippen molar-refractivity contribution in [3.63, 3.8) is 0 Å². The molecule has 0 radical (unpaired) electrons. The zero-order chi connectivity index (χ0) is 16.1. The van der Waals surface area contributed by atoms with Gasteiger partial charge in [0.1, 0.15) is 0 Å². The Morgan fingerprint density at radius 2 is 1.95 bits per heavy atom. The number of rotatable bonds is 4. The first-order valence-electron chi connectivity index (χ1n) is 7.12. The number of ether oxygens (including phenoxy) is 2. The number of carbonyl (C=O) groups is 1. The van der Waals surface area contributed by atoms with Gasteiger partial charge in [0, 0.05) is 25.2 Å². The quantitative estimate of drug-likeness (QED) is 0.853. The van der Waals surface area contributed by atoms with Crippen molar-refractivity contribution in [2.75, 3.05) is 40.3 Å². The molecule has 5 nitrogen and oxygen atoms in total. The van der Waals surface area contributed by atoms with E-state index in [9.17, 15) is 13.6 Å². The molecule has 1 heterocycles. The second-order valence-corrected chi connectivity index (χ2v) is 5.19. The first kappa shape index (κ1) is 16.5. The summed E-state index contributed by atoms with van der Waals surface area (Å²) >= 11 is 0. The van der Waals surface area contributed by atoms with Crippen LogP contribution in [0.15, 0.2) is 18.2 Å². The predicted molar refractivity (Wildman–Crippen MR) is 77.6 cm³/mol. The summed E-state index contributed by atoms with van der Waals surface area (Å²) in [7, 11) is 3.37. The summed E-state index contributed by atoms with van der Waals surface area (Å²) in [6.45, 7) is 0.161. The second kappa shape index (κ2) is 7.40. The second-order valence-electron chi connectivity index (χ2n) is 5.19. The van der Waals surface area contributed by atoms with E-state index in [2.05, 4.69) is 9.64 Å². The maximum Gasteiger partial charge on any atom is 0.387 e. The lowest BCUT2D eigenvalue weighted by Crippen LogP contribution is -2.34. The van der Waals surface area contributed by atoms with Gasteiger partial charge in [-0.2, -0.15) is 8.78 Å². The first-order valence-corrected chi connectivity index (χ1v) is 7.12. The number of hydrogen-bond acceptors (Lipinski definition) is 4. The van der Waals surface area contributed by atoms with Gasteiger partial charge in [0.05, 0.1) is 7.11 Å². The lowest BCUT2D eigenvalue weighted by atomic mass is 10.1. The van der Waals surface area contributed by atoms with Crippen LogP contribution in [0.25, 0.3) is 0 Å². The monoisotopic (exact) mass is 314 g/mol. The standard InChI is InChI=1S/C15H20F2N2O3/c1-18-6-3-7-19(9-8-18)14(20)11-4-5-12(22-15(16)17)13(10-11)21-2/h4-5,10,15H,3,6-9H2,1-2H3. The van der Waals surface area contributed by atoms with E-state index < -0.39 is 6.61 Å². The summed E-state index contributed by atoms with van der Waals surface area (Å²) in [4.78, 5) is 16.5. The van der Waals surface area contributed by atoms with E-state index in [4.69, 9.17) is 4.74 Å². The molecule has 1 amide bonds. The van der Waals surface area contributed by atoms with Crippen LogP contribution in [0, 0.1) is 0 Å². The number of hydrogen-bond donors (Lipinski definition) is 0. The highest BCUT2D eigenvalue weighted by Gasteiger charge is 2.20. The molecule has 0 bridgehead atoms. The van der Waals surface area contributed by atoms with Crippen LogP contribution in [0.5, 0.6) is 11.5 Å². The average Bonchev–Trinajstić information content (AvgIpc) is 2.71. The molecule has 0 unspecified atom stereocenters. The van der Waals surface area contributed by atoms with Gasteiger partial charge in [0.25, 0.3) is 5.91 Å². The van der Waals surface area contributed by atoms with Gasteiger partial charge in [-0.25, -0.2) is 0 Å². The van der Waals surface area contributed by atoms with Crippen molar-refractivity contribution in [2.45, 2.75) is 13.0 Å².